The summed E-state index contributed by atoms with van der Waals surface area (Å²) in [6.45, 7) is 3.63. The van der Waals surface area contributed by atoms with Crippen LogP contribution < -0.4 is 4.74 Å². The van der Waals surface area contributed by atoms with Crippen molar-refractivity contribution < 1.29 is 9.84 Å². The molecule has 0 unspecified atom stereocenters. The van der Waals surface area contributed by atoms with Gasteiger partial charge in [0.1, 0.15) is 0 Å². The van der Waals surface area contributed by atoms with Crippen molar-refractivity contribution in [3.8, 4) is 11.5 Å². The second kappa shape index (κ2) is 5.49. The van der Waals surface area contributed by atoms with Gasteiger partial charge in [-0.2, -0.15) is 0 Å². The van der Waals surface area contributed by atoms with Crippen molar-refractivity contribution in [2.75, 3.05) is 7.11 Å². The third kappa shape index (κ3) is 2.99. The highest BCUT2D eigenvalue weighted by molar-refractivity contribution is 5.85. The van der Waals surface area contributed by atoms with Crippen molar-refractivity contribution in [3.63, 3.8) is 0 Å². The molecule has 2 nitrogen and oxygen atoms in total. The van der Waals surface area contributed by atoms with Crippen LogP contribution in [0.25, 0.3) is 0 Å². The average Bonchev–Trinajstić information content (AvgIpc) is 2.09. The lowest BCUT2D eigenvalue weighted by Gasteiger charge is -2.04. The fourth-order valence-corrected chi connectivity index (χ4v) is 1.02. The van der Waals surface area contributed by atoms with Gasteiger partial charge < -0.3 is 9.84 Å². The minimum absolute atomic E-state index is 0. The summed E-state index contributed by atoms with van der Waals surface area (Å²) >= 11 is 0. The number of halogens is 1. The Morgan fingerprint density at radius 3 is 2.77 bits per heavy atom. The third-order valence-corrected chi connectivity index (χ3v) is 1.62. The quantitative estimate of drug-likeness (QED) is 0.760. The first kappa shape index (κ1) is 11.8. The number of allylic oxidation sites excluding steroid dienone is 1. The molecule has 1 aromatic carbocycles. The number of methoxy groups -OCH3 is 1. The maximum atomic E-state index is 9.25. The molecule has 0 radical (unpaired) electrons. The molecule has 1 rings (SSSR count). The number of rotatable bonds is 3. The molecule has 0 aliphatic heterocycles. The summed E-state index contributed by atoms with van der Waals surface area (Å²) in [7, 11) is 1.53. The molecule has 0 amide bonds. The number of benzene rings is 1. The van der Waals surface area contributed by atoms with Crippen LogP contribution in [0.15, 0.2) is 30.9 Å². The van der Waals surface area contributed by atoms with E-state index in [1.54, 1.807) is 12.1 Å². The van der Waals surface area contributed by atoms with Crippen LogP contribution in [0.2, 0.25) is 0 Å². The predicted octanol–water partition coefficient (Wildman–Crippen LogP) is 2.55. The molecule has 0 aliphatic rings. The first-order valence-electron chi connectivity index (χ1n) is 3.74. The number of hydrogen-bond acceptors (Lipinski definition) is 2. The molecule has 0 saturated heterocycles. The number of phenols is 1. The van der Waals surface area contributed by atoms with Gasteiger partial charge in [0, 0.05) is 0 Å². The van der Waals surface area contributed by atoms with E-state index >= 15 is 0 Å². The van der Waals surface area contributed by atoms with Crippen LogP contribution >= 0.6 is 12.4 Å². The first-order chi connectivity index (χ1) is 5.77. The molecule has 0 heterocycles. The molecular weight excluding hydrogens is 188 g/mol. The Labute approximate surface area is 84.3 Å². The van der Waals surface area contributed by atoms with E-state index in [9.17, 15) is 5.11 Å². The molecular formula is C10H13ClO2. The van der Waals surface area contributed by atoms with Crippen LogP contribution in [-0.4, -0.2) is 12.2 Å². The van der Waals surface area contributed by atoms with Gasteiger partial charge in [0.05, 0.1) is 7.11 Å². The predicted molar refractivity (Wildman–Crippen MR) is 55.8 cm³/mol. The van der Waals surface area contributed by atoms with Gasteiger partial charge in [0.25, 0.3) is 0 Å². The van der Waals surface area contributed by atoms with E-state index in [0.717, 1.165) is 12.0 Å². The Morgan fingerprint density at radius 1 is 1.54 bits per heavy atom. The molecule has 0 aliphatic carbocycles. The van der Waals surface area contributed by atoms with E-state index in [1.807, 2.05) is 12.1 Å². The zero-order valence-corrected chi connectivity index (χ0v) is 8.30. The summed E-state index contributed by atoms with van der Waals surface area (Å²) in [6.07, 6.45) is 2.60. The topological polar surface area (TPSA) is 29.5 Å². The Morgan fingerprint density at radius 2 is 2.23 bits per heavy atom. The zero-order valence-electron chi connectivity index (χ0n) is 7.49. The molecule has 0 fully saturated rings. The zero-order chi connectivity index (χ0) is 8.97. The summed E-state index contributed by atoms with van der Waals surface area (Å²) in [5.41, 5.74) is 1.08. The highest BCUT2D eigenvalue weighted by Gasteiger charge is 2.00. The van der Waals surface area contributed by atoms with Gasteiger partial charge in [-0.1, -0.05) is 12.1 Å². The summed E-state index contributed by atoms with van der Waals surface area (Å²) in [4.78, 5) is 0. The summed E-state index contributed by atoms with van der Waals surface area (Å²) < 4.78 is 4.95. The van der Waals surface area contributed by atoms with E-state index in [2.05, 4.69) is 6.58 Å². The van der Waals surface area contributed by atoms with Crippen LogP contribution in [0.3, 0.4) is 0 Å². The Hall–Kier alpha value is -1.15. The van der Waals surface area contributed by atoms with Crippen molar-refractivity contribution in [3.05, 3.63) is 36.4 Å². The smallest absolute Gasteiger partial charge is 0.160 e. The first-order valence-corrected chi connectivity index (χ1v) is 3.74. The van der Waals surface area contributed by atoms with Crippen LogP contribution in [0.4, 0.5) is 0 Å². The monoisotopic (exact) mass is 200 g/mol. The molecule has 72 valence electrons. The van der Waals surface area contributed by atoms with Crippen molar-refractivity contribution in [2.24, 2.45) is 0 Å². The molecule has 1 aromatic rings. The lowest BCUT2D eigenvalue weighted by Crippen LogP contribution is -1.86. The minimum atomic E-state index is 0. The van der Waals surface area contributed by atoms with Gasteiger partial charge in [-0.3, -0.25) is 0 Å². The maximum Gasteiger partial charge on any atom is 0.160 e. The molecule has 0 bridgehead atoms. The fraction of sp³-hybridized carbons (Fsp3) is 0.200. The normalized spacial score (nSPS) is 8.69. The molecule has 13 heavy (non-hydrogen) atoms. The Balaban J connectivity index is 0.00000144. The lowest BCUT2D eigenvalue weighted by molar-refractivity contribution is 0.373. The standard InChI is InChI=1S/C10H12O2.ClH/c1-3-4-8-5-6-9(11)10(7-8)12-2;/h3,5-7,11H,1,4H2,2H3;1H. The van der Waals surface area contributed by atoms with Crippen LogP contribution in [0, 0.1) is 0 Å². The van der Waals surface area contributed by atoms with Crippen molar-refractivity contribution in [1.82, 2.24) is 0 Å². The summed E-state index contributed by atoms with van der Waals surface area (Å²) in [6, 6.07) is 5.27. The highest BCUT2D eigenvalue weighted by Crippen LogP contribution is 2.26. The molecule has 3 heteroatoms. The van der Waals surface area contributed by atoms with Crippen molar-refractivity contribution in [1.29, 1.82) is 0 Å². The fourth-order valence-electron chi connectivity index (χ4n) is 1.02. The van der Waals surface area contributed by atoms with Crippen LogP contribution in [0.5, 0.6) is 11.5 Å². The molecule has 0 atom stereocenters. The SMILES string of the molecule is C=CCc1ccc(O)c(OC)c1.Cl. The van der Waals surface area contributed by atoms with E-state index in [1.165, 1.54) is 7.11 Å². The second-order valence-corrected chi connectivity index (χ2v) is 2.50. The molecule has 1 N–H and O–H groups in total. The van der Waals surface area contributed by atoms with Crippen molar-refractivity contribution >= 4 is 12.4 Å². The molecule has 0 spiro atoms. The summed E-state index contributed by atoms with van der Waals surface area (Å²) in [5, 5.41) is 9.25. The van der Waals surface area contributed by atoms with Crippen LogP contribution in [-0.2, 0) is 6.42 Å². The van der Waals surface area contributed by atoms with Gasteiger partial charge >= 0.3 is 0 Å². The van der Waals surface area contributed by atoms with Gasteiger partial charge in [-0.05, 0) is 24.1 Å². The van der Waals surface area contributed by atoms with Crippen LogP contribution in [0.1, 0.15) is 5.56 Å². The van der Waals surface area contributed by atoms with Gasteiger partial charge in [-0.25, -0.2) is 0 Å². The Bertz CT molecular complexity index is 284. The number of ether oxygens (including phenoxy) is 1. The van der Waals surface area contributed by atoms with Gasteiger partial charge in [0.2, 0.25) is 0 Å². The minimum Gasteiger partial charge on any atom is -0.504 e. The lowest BCUT2D eigenvalue weighted by atomic mass is 10.1. The van der Waals surface area contributed by atoms with Crippen molar-refractivity contribution in [2.45, 2.75) is 6.42 Å². The number of aromatic hydroxyl groups is 1. The molecule has 0 aromatic heterocycles. The van der Waals surface area contributed by atoms with E-state index in [4.69, 9.17) is 4.74 Å². The summed E-state index contributed by atoms with van der Waals surface area (Å²) in [5.74, 6) is 0.680. The van der Waals surface area contributed by atoms with E-state index in [0.29, 0.717) is 5.75 Å². The highest BCUT2D eigenvalue weighted by atomic mass is 35.5. The maximum absolute atomic E-state index is 9.25. The van der Waals surface area contributed by atoms with E-state index in [-0.39, 0.29) is 18.2 Å². The number of phenolic OH excluding ortho intramolecular Hbond substituents is 1. The second-order valence-electron chi connectivity index (χ2n) is 2.50. The number of hydrogen-bond donors (Lipinski definition) is 1. The molecule has 0 saturated carbocycles. The van der Waals surface area contributed by atoms with Gasteiger partial charge in [-0.15, -0.1) is 19.0 Å². The van der Waals surface area contributed by atoms with E-state index < -0.39 is 0 Å². The largest absolute Gasteiger partial charge is 0.504 e. The average molecular weight is 201 g/mol. The Kier molecular flexibility index (Phi) is 5.00. The third-order valence-electron chi connectivity index (χ3n) is 1.62. The van der Waals surface area contributed by atoms with Gasteiger partial charge in [0.15, 0.2) is 11.5 Å².